The van der Waals surface area contributed by atoms with E-state index in [1.54, 1.807) is 12.1 Å². The SMILES string of the molecule is CCCCCCCCCCCCCCOC(=O)c1ccccc1C(=O)Nc1ccn([C@@H]2O[C@H](CO)[C@@H](O)[C@@H]2O)c(=O)n1. The van der Waals surface area contributed by atoms with Gasteiger partial charge in [-0.1, -0.05) is 89.7 Å². The number of rotatable bonds is 18. The van der Waals surface area contributed by atoms with Gasteiger partial charge in [0, 0.05) is 6.20 Å². The van der Waals surface area contributed by atoms with Gasteiger partial charge in [0.25, 0.3) is 5.91 Å². The number of amides is 1. The highest BCUT2D eigenvalue weighted by Crippen LogP contribution is 2.28. The molecule has 1 aromatic heterocycles. The van der Waals surface area contributed by atoms with Crippen molar-refractivity contribution in [1.82, 2.24) is 9.55 Å². The molecule has 0 aliphatic carbocycles. The highest BCUT2D eigenvalue weighted by Gasteiger charge is 2.43. The molecule has 0 saturated carbocycles. The molecule has 232 valence electrons. The molecule has 0 unspecified atom stereocenters. The average molecular weight is 588 g/mol. The number of carbonyl (C=O) groups excluding carboxylic acids is 2. The number of aromatic nitrogens is 2. The summed E-state index contributed by atoms with van der Waals surface area (Å²) < 4.78 is 11.7. The molecule has 4 atom stereocenters. The van der Waals surface area contributed by atoms with Crippen LogP contribution in [-0.4, -0.2) is 68.3 Å². The maximum atomic E-state index is 13.0. The molecule has 1 saturated heterocycles. The first kappa shape index (κ1) is 33.4. The van der Waals surface area contributed by atoms with Crippen molar-refractivity contribution >= 4 is 17.7 Å². The molecular weight excluding hydrogens is 542 g/mol. The lowest BCUT2D eigenvalue weighted by molar-refractivity contribution is -0.0549. The second-order valence-electron chi connectivity index (χ2n) is 10.8. The fourth-order valence-corrected chi connectivity index (χ4v) is 5.01. The highest BCUT2D eigenvalue weighted by molar-refractivity contribution is 6.10. The predicted molar refractivity (Wildman–Crippen MR) is 157 cm³/mol. The molecular formula is C31H45N3O8. The predicted octanol–water partition coefficient (Wildman–Crippen LogP) is 3.97. The number of hydrogen-bond donors (Lipinski definition) is 4. The van der Waals surface area contributed by atoms with Crippen LogP contribution >= 0.6 is 0 Å². The molecule has 2 heterocycles. The van der Waals surface area contributed by atoms with Gasteiger partial charge in [-0.2, -0.15) is 4.98 Å². The number of nitrogens with zero attached hydrogens (tertiary/aromatic N) is 2. The summed E-state index contributed by atoms with van der Waals surface area (Å²) in [6.07, 6.45) is 10.6. The summed E-state index contributed by atoms with van der Waals surface area (Å²) in [5, 5.41) is 31.9. The molecule has 3 rings (SSSR count). The number of hydrogen-bond acceptors (Lipinski definition) is 9. The summed E-state index contributed by atoms with van der Waals surface area (Å²) in [6, 6.07) is 7.56. The van der Waals surface area contributed by atoms with Crippen LogP contribution in [0.1, 0.15) is 111 Å². The number of aliphatic hydroxyl groups excluding tert-OH is 3. The Bertz CT molecular complexity index is 1190. The van der Waals surface area contributed by atoms with Gasteiger partial charge in [-0.05, 0) is 24.6 Å². The van der Waals surface area contributed by atoms with Crippen molar-refractivity contribution in [1.29, 1.82) is 0 Å². The Morgan fingerprint density at radius 1 is 0.905 bits per heavy atom. The summed E-state index contributed by atoms with van der Waals surface area (Å²) in [7, 11) is 0. The van der Waals surface area contributed by atoms with E-state index in [-0.39, 0.29) is 23.6 Å². The first-order valence-corrected chi connectivity index (χ1v) is 15.2. The molecule has 1 fully saturated rings. The zero-order valence-electron chi connectivity index (χ0n) is 24.5. The van der Waals surface area contributed by atoms with Crippen molar-refractivity contribution in [3.63, 3.8) is 0 Å². The number of unbranched alkanes of at least 4 members (excludes halogenated alkanes) is 11. The Morgan fingerprint density at radius 2 is 1.50 bits per heavy atom. The lowest BCUT2D eigenvalue weighted by Gasteiger charge is -2.17. The van der Waals surface area contributed by atoms with Crippen molar-refractivity contribution in [3.8, 4) is 0 Å². The molecule has 11 nitrogen and oxygen atoms in total. The maximum absolute atomic E-state index is 13.0. The number of ether oxygens (including phenoxy) is 2. The van der Waals surface area contributed by atoms with E-state index in [4.69, 9.17) is 9.47 Å². The van der Waals surface area contributed by atoms with E-state index in [0.29, 0.717) is 0 Å². The first-order chi connectivity index (χ1) is 20.4. The van der Waals surface area contributed by atoms with Crippen molar-refractivity contribution in [2.45, 2.75) is 109 Å². The molecule has 0 spiro atoms. The summed E-state index contributed by atoms with van der Waals surface area (Å²) in [5.41, 5.74) is -0.668. The molecule has 1 aliphatic heterocycles. The van der Waals surface area contributed by atoms with Gasteiger partial charge in [-0.3, -0.25) is 9.36 Å². The van der Waals surface area contributed by atoms with E-state index in [9.17, 15) is 29.7 Å². The number of anilines is 1. The largest absolute Gasteiger partial charge is 0.462 e. The Balaban J connectivity index is 1.43. The van der Waals surface area contributed by atoms with Gasteiger partial charge < -0.3 is 30.1 Å². The lowest BCUT2D eigenvalue weighted by Crippen LogP contribution is -2.36. The molecule has 1 aliphatic rings. The standard InChI is InChI=1S/C31H45N3O8/c1-2-3-4-5-6-7-8-9-10-11-12-15-20-41-30(39)23-17-14-13-16-22(23)28(38)32-25-18-19-34(31(40)33-25)29-27(37)26(36)24(21-35)42-29/h13-14,16-19,24,26-27,29,35-37H,2-12,15,20-21H2,1H3,(H,32,33,38,40)/t24-,26-,27+,29-/m1/s1. The Morgan fingerprint density at radius 3 is 2.07 bits per heavy atom. The van der Waals surface area contributed by atoms with Crippen molar-refractivity contribution in [3.05, 3.63) is 58.1 Å². The fraction of sp³-hybridized carbons (Fsp3) is 0.613. The maximum Gasteiger partial charge on any atom is 0.351 e. The molecule has 4 N–H and O–H groups in total. The third-order valence-electron chi connectivity index (χ3n) is 7.49. The molecule has 0 bridgehead atoms. The highest BCUT2D eigenvalue weighted by atomic mass is 16.6. The van der Waals surface area contributed by atoms with Crippen LogP contribution in [0, 0.1) is 0 Å². The Hall–Kier alpha value is -3.12. The van der Waals surface area contributed by atoms with Crippen molar-refractivity contribution in [2.75, 3.05) is 18.5 Å². The quantitative estimate of drug-likeness (QED) is 0.149. The zero-order chi connectivity index (χ0) is 30.3. The molecule has 0 radical (unpaired) electrons. The van der Waals surface area contributed by atoms with Crippen LogP contribution in [-0.2, 0) is 9.47 Å². The smallest absolute Gasteiger partial charge is 0.351 e. The monoisotopic (exact) mass is 587 g/mol. The number of carbonyl (C=O) groups is 2. The topological polar surface area (TPSA) is 160 Å². The van der Waals surface area contributed by atoms with Crippen LogP contribution < -0.4 is 11.0 Å². The van der Waals surface area contributed by atoms with Crippen molar-refractivity contribution < 1.29 is 34.4 Å². The van der Waals surface area contributed by atoms with Gasteiger partial charge in [-0.15, -0.1) is 0 Å². The number of aliphatic hydroxyl groups is 3. The van der Waals surface area contributed by atoms with Gasteiger partial charge in [-0.25, -0.2) is 9.59 Å². The van der Waals surface area contributed by atoms with Crippen LogP contribution in [0.5, 0.6) is 0 Å². The van der Waals surface area contributed by atoms with Crippen LogP contribution in [0.4, 0.5) is 5.82 Å². The summed E-state index contributed by atoms with van der Waals surface area (Å²) >= 11 is 0. The Kier molecular flexibility index (Phi) is 14.1. The Labute approximate surface area is 246 Å². The summed E-state index contributed by atoms with van der Waals surface area (Å²) in [6.45, 7) is 1.97. The zero-order valence-corrected chi connectivity index (χ0v) is 24.5. The normalized spacial score (nSPS) is 20.0. The third kappa shape index (κ3) is 9.72. The van der Waals surface area contributed by atoms with E-state index in [1.165, 1.54) is 82.2 Å². The van der Waals surface area contributed by atoms with Crippen LogP contribution in [0.25, 0.3) is 0 Å². The van der Waals surface area contributed by atoms with Crippen molar-refractivity contribution in [2.24, 2.45) is 0 Å². The molecule has 2 aromatic rings. The van der Waals surface area contributed by atoms with E-state index >= 15 is 0 Å². The summed E-state index contributed by atoms with van der Waals surface area (Å²) in [5.74, 6) is -1.32. The second-order valence-corrected chi connectivity index (χ2v) is 10.8. The molecule has 42 heavy (non-hydrogen) atoms. The number of benzene rings is 1. The van der Waals surface area contributed by atoms with Gasteiger partial charge in [0.2, 0.25) is 0 Å². The third-order valence-corrected chi connectivity index (χ3v) is 7.49. The minimum absolute atomic E-state index is 0.0756. The van der Waals surface area contributed by atoms with Gasteiger partial charge in [0.15, 0.2) is 6.23 Å². The minimum atomic E-state index is -1.45. The minimum Gasteiger partial charge on any atom is -0.462 e. The van der Waals surface area contributed by atoms with Crippen LogP contribution in [0.3, 0.4) is 0 Å². The van der Waals surface area contributed by atoms with Crippen LogP contribution in [0.15, 0.2) is 41.3 Å². The van der Waals surface area contributed by atoms with Crippen LogP contribution in [0.2, 0.25) is 0 Å². The molecule has 11 heteroatoms. The average Bonchev–Trinajstić information content (AvgIpc) is 3.28. The van der Waals surface area contributed by atoms with E-state index in [1.807, 2.05) is 0 Å². The number of esters is 1. The van der Waals surface area contributed by atoms with E-state index in [0.717, 1.165) is 23.8 Å². The van der Waals surface area contributed by atoms with E-state index < -0.39 is 48.7 Å². The van der Waals surface area contributed by atoms with E-state index in [2.05, 4.69) is 17.2 Å². The number of nitrogens with one attached hydrogen (secondary N) is 1. The lowest BCUT2D eigenvalue weighted by atomic mass is 10.1. The summed E-state index contributed by atoms with van der Waals surface area (Å²) in [4.78, 5) is 42.1. The van der Waals surface area contributed by atoms with Gasteiger partial charge in [0.1, 0.15) is 24.1 Å². The first-order valence-electron chi connectivity index (χ1n) is 15.2. The molecule has 1 amide bonds. The van der Waals surface area contributed by atoms with Gasteiger partial charge >= 0.3 is 11.7 Å². The molecule has 1 aromatic carbocycles. The second kappa shape index (κ2) is 17.7. The van der Waals surface area contributed by atoms with Gasteiger partial charge in [0.05, 0.1) is 24.3 Å². The fourth-order valence-electron chi connectivity index (χ4n) is 5.01.